The second kappa shape index (κ2) is 4.10. The largest absolute Gasteiger partial charge is 0.489 e. The van der Waals surface area contributed by atoms with Crippen LogP contribution >= 0.6 is 15.9 Å². The zero-order chi connectivity index (χ0) is 12.8. The van der Waals surface area contributed by atoms with E-state index in [4.69, 9.17) is 4.74 Å². The van der Waals surface area contributed by atoms with Crippen LogP contribution in [-0.2, 0) is 0 Å². The van der Waals surface area contributed by atoms with Crippen molar-refractivity contribution in [2.24, 2.45) is 0 Å². The van der Waals surface area contributed by atoms with Crippen molar-refractivity contribution in [2.75, 3.05) is 6.61 Å². The van der Waals surface area contributed by atoms with Gasteiger partial charge in [0.25, 0.3) is 0 Å². The number of benzene rings is 3. The molecule has 0 fully saturated rings. The second-order valence-corrected chi connectivity index (χ2v) is 5.58. The van der Waals surface area contributed by atoms with Gasteiger partial charge in [-0.05, 0) is 45.8 Å². The van der Waals surface area contributed by atoms with Crippen LogP contribution in [0.25, 0.3) is 26.0 Å². The first kappa shape index (κ1) is 11.1. The Balaban J connectivity index is 2.17. The van der Waals surface area contributed by atoms with Crippen LogP contribution in [0.3, 0.4) is 0 Å². The summed E-state index contributed by atoms with van der Waals surface area (Å²) in [5.41, 5.74) is 1.16. The average Bonchev–Trinajstić information content (AvgIpc) is 2.45. The normalized spacial score (nSPS) is 14.1. The number of rotatable bonds is 0. The molecule has 19 heavy (non-hydrogen) atoms. The highest BCUT2D eigenvalue weighted by molar-refractivity contribution is 9.15. The van der Waals surface area contributed by atoms with Gasteiger partial charge in [0.05, 0.1) is 0 Å². The van der Waals surface area contributed by atoms with Crippen LogP contribution in [0.2, 0.25) is 0 Å². The molecule has 1 aliphatic heterocycles. The molecule has 1 nitrogen and oxygen atoms in total. The van der Waals surface area contributed by atoms with Crippen molar-refractivity contribution in [3.8, 4) is 5.75 Å². The highest BCUT2D eigenvalue weighted by atomic mass is 79.9. The van der Waals surface area contributed by atoms with Gasteiger partial charge < -0.3 is 4.74 Å². The lowest BCUT2D eigenvalue weighted by molar-refractivity contribution is 0.359. The highest BCUT2D eigenvalue weighted by Gasteiger charge is 2.15. The van der Waals surface area contributed by atoms with Crippen molar-refractivity contribution >= 4 is 42.0 Å². The molecule has 4 rings (SSSR count). The standard InChI is InChI=1S/C17H11BrO/c18-15-7-8-19-16-6-5-13-9-11-3-1-2-4-12(11)10-14(13)17(15)16/h1-7,9-10H,8H2. The van der Waals surface area contributed by atoms with E-state index in [0.29, 0.717) is 6.61 Å². The van der Waals surface area contributed by atoms with E-state index < -0.39 is 0 Å². The molecule has 0 unspecified atom stereocenters. The molecule has 0 saturated heterocycles. The molecular weight excluding hydrogens is 300 g/mol. The lowest BCUT2D eigenvalue weighted by Gasteiger charge is -2.18. The van der Waals surface area contributed by atoms with E-state index in [1.165, 1.54) is 21.5 Å². The Morgan fingerprint density at radius 1 is 0.895 bits per heavy atom. The first-order chi connectivity index (χ1) is 9.33. The van der Waals surface area contributed by atoms with Crippen LogP contribution in [0, 0.1) is 0 Å². The predicted octanol–water partition coefficient (Wildman–Crippen LogP) is 5.12. The van der Waals surface area contributed by atoms with Crippen LogP contribution in [0.4, 0.5) is 0 Å². The molecule has 3 aromatic carbocycles. The van der Waals surface area contributed by atoms with E-state index in [9.17, 15) is 0 Å². The highest BCUT2D eigenvalue weighted by Crippen LogP contribution is 2.40. The zero-order valence-corrected chi connectivity index (χ0v) is 11.8. The minimum atomic E-state index is 0.632. The number of fused-ring (bicyclic) bond motifs is 4. The first-order valence-corrected chi connectivity index (χ1v) is 7.06. The van der Waals surface area contributed by atoms with E-state index in [-0.39, 0.29) is 0 Å². The number of halogens is 1. The van der Waals surface area contributed by atoms with Crippen LogP contribution in [0.15, 0.2) is 54.6 Å². The van der Waals surface area contributed by atoms with Crippen LogP contribution in [0.5, 0.6) is 5.75 Å². The monoisotopic (exact) mass is 310 g/mol. The van der Waals surface area contributed by atoms with Gasteiger partial charge in [-0.2, -0.15) is 0 Å². The summed E-state index contributed by atoms with van der Waals surface area (Å²) >= 11 is 3.65. The molecule has 0 aromatic heterocycles. The first-order valence-electron chi connectivity index (χ1n) is 6.27. The summed E-state index contributed by atoms with van der Waals surface area (Å²) in [6, 6.07) is 17.1. The fraction of sp³-hybridized carbons (Fsp3) is 0.0588. The van der Waals surface area contributed by atoms with Gasteiger partial charge in [0.15, 0.2) is 0 Å². The van der Waals surface area contributed by atoms with Crippen LogP contribution in [-0.4, -0.2) is 6.61 Å². The number of hydrogen-bond acceptors (Lipinski definition) is 1. The zero-order valence-electron chi connectivity index (χ0n) is 10.2. The van der Waals surface area contributed by atoms with Crippen molar-refractivity contribution in [3.05, 3.63) is 60.2 Å². The fourth-order valence-electron chi connectivity index (χ4n) is 2.67. The number of ether oxygens (including phenoxy) is 1. The summed E-state index contributed by atoms with van der Waals surface area (Å²) in [6.07, 6.45) is 2.07. The predicted molar refractivity (Wildman–Crippen MR) is 83.9 cm³/mol. The maximum atomic E-state index is 5.71. The van der Waals surface area contributed by atoms with E-state index in [2.05, 4.69) is 70.5 Å². The van der Waals surface area contributed by atoms with Gasteiger partial charge in [-0.3, -0.25) is 0 Å². The summed E-state index contributed by atoms with van der Waals surface area (Å²) in [4.78, 5) is 0. The molecule has 0 aliphatic carbocycles. The minimum Gasteiger partial charge on any atom is -0.489 e. The maximum absolute atomic E-state index is 5.71. The Kier molecular flexibility index (Phi) is 2.39. The van der Waals surface area contributed by atoms with Crippen LogP contribution < -0.4 is 4.74 Å². The van der Waals surface area contributed by atoms with Crippen molar-refractivity contribution in [2.45, 2.75) is 0 Å². The van der Waals surface area contributed by atoms with Crippen molar-refractivity contribution in [1.29, 1.82) is 0 Å². The molecule has 0 saturated carbocycles. The van der Waals surface area contributed by atoms with Crippen molar-refractivity contribution < 1.29 is 4.74 Å². The molecule has 2 heteroatoms. The van der Waals surface area contributed by atoms with E-state index >= 15 is 0 Å². The minimum absolute atomic E-state index is 0.632. The number of hydrogen-bond donors (Lipinski definition) is 0. The van der Waals surface area contributed by atoms with Gasteiger partial charge >= 0.3 is 0 Å². The Hall–Kier alpha value is -1.80. The quantitative estimate of drug-likeness (QED) is 0.524. The van der Waals surface area contributed by atoms with Crippen LogP contribution in [0.1, 0.15) is 5.56 Å². The average molecular weight is 311 g/mol. The molecule has 0 atom stereocenters. The molecule has 0 spiro atoms. The summed E-state index contributed by atoms with van der Waals surface area (Å²) < 4.78 is 6.83. The maximum Gasteiger partial charge on any atom is 0.128 e. The van der Waals surface area contributed by atoms with Gasteiger partial charge in [0, 0.05) is 10.0 Å². The third-order valence-electron chi connectivity index (χ3n) is 3.59. The second-order valence-electron chi connectivity index (χ2n) is 4.72. The van der Waals surface area contributed by atoms with Crippen molar-refractivity contribution in [1.82, 2.24) is 0 Å². The van der Waals surface area contributed by atoms with Gasteiger partial charge in [-0.25, -0.2) is 0 Å². The topological polar surface area (TPSA) is 9.23 Å². The van der Waals surface area contributed by atoms with E-state index in [1.807, 2.05) is 0 Å². The molecular formula is C17H11BrO. The van der Waals surface area contributed by atoms with Crippen molar-refractivity contribution in [3.63, 3.8) is 0 Å². The summed E-state index contributed by atoms with van der Waals surface area (Å²) in [7, 11) is 0. The fourth-order valence-corrected chi connectivity index (χ4v) is 3.21. The summed E-state index contributed by atoms with van der Waals surface area (Å²) in [5, 5.41) is 5.01. The Morgan fingerprint density at radius 3 is 2.53 bits per heavy atom. The molecule has 0 radical (unpaired) electrons. The lowest BCUT2D eigenvalue weighted by Crippen LogP contribution is -2.02. The Bertz CT molecular complexity index is 833. The Labute approximate surface area is 119 Å². The Morgan fingerprint density at radius 2 is 1.68 bits per heavy atom. The molecule has 1 aliphatic rings. The third kappa shape index (κ3) is 1.67. The summed E-state index contributed by atoms with van der Waals surface area (Å²) in [6.45, 7) is 0.632. The molecule has 0 amide bonds. The summed E-state index contributed by atoms with van der Waals surface area (Å²) in [5.74, 6) is 0.956. The van der Waals surface area contributed by atoms with E-state index in [1.54, 1.807) is 0 Å². The molecule has 92 valence electrons. The SMILES string of the molecule is BrC1=CCOc2ccc3cc4ccccc4cc3c21. The molecule has 0 bridgehead atoms. The molecule has 0 N–H and O–H groups in total. The van der Waals surface area contributed by atoms with Gasteiger partial charge in [-0.15, -0.1) is 0 Å². The van der Waals surface area contributed by atoms with Gasteiger partial charge in [0.1, 0.15) is 12.4 Å². The van der Waals surface area contributed by atoms with Gasteiger partial charge in [-0.1, -0.05) is 46.3 Å². The van der Waals surface area contributed by atoms with E-state index in [0.717, 1.165) is 15.8 Å². The smallest absolute Gasteiger partial charge is 0.128 e. The van der Waals surface area contributed by atoms with Gasteiger partial charge in [0.2, 0.25) is 0 Å². The third-order valence-corrected chi connectivity index (χ3v) is 4.31. The molecule has 1 heterocycles. The molecule has 3 aromatic rings. The lowest BCUT2D eigenvalue weighted by atomic mass is 9.98.